The van der Waals surface area contributed by atoms with Crippen molar-refractivity contribution >= 4 is 28.5 Å². The maximum Gasteiger partial charge on any atom is 0.253 e. The number of anilines is 1. The Morgan fingerprint density at radius 2 is 1.64 bits per heavy atom. The van der Waals surface area contributed by atoms with E-state index >= 15 is 0 Å². The van der Waals surface area contributed by atoms with E-state index in [1.165, 1.54) is 24.3 Å². The molecule has 0 aliphatic carbocycles. The normalized spacial score (nSPS) is 14.4. The number of H-pyrrole nitrogens is 1. The first kappa shape index (κ1) is 20.9. The van der Waals surface area contributed by atoms with Crippen LogP contribution in [0.4, 0.5) is 10.1 Å². The molecule has 0 radical (unpaired) electrons. The van der Waals surface area contributed by atoms with Crippen molar-refractivity contribution in [1.82, 2.24) is 14.9 Å². The summed E-state index contributed by atoms with van der Waals surface area (Å²) in [6.07, 6.45) is 1.15. The monoisotopic (exact) mass is 442 g/mol. The number of hydrogen-bond donors (Lipinski definition) is 2. The van der Waals surface area contributed by atoms with Crippen LogP contribution in [0.3, 0.4) is 0 Å². The third-order valence-corrected chi connectivity index (χ3v) is 6.07. The molecule has 0 unspecified atom stereocenters. The van der Waals surface area contributed by atoms with Crippen molar-refractivity contribution in [3.05, 3.63) is 84.2 Å². The van der Waals surface area contributed by atoms with Crippen molar-refractivity contribution in [2.75, 3.05) is 18.4 Å². The second kappa shape index (κ2) is 8.86. The molecule has 0 saturated carbocycles. The fourth-order valence-corrected chi connectivity index (χ4v) is 4.23. The van der Waals surface area contributed by atoms with Crippen molar-refractivity contribution in [2.24, 2.45) is 5.92 Å². The highest BCUT2D eigenvalue weighted by Crippen LogP contribution is 2.29. The molecule has 4 aromatic rings. The summed E-state index contributed by atoms with van der Waals surface area (Å²) in [5.74, 6) is -0.0563. The molecule has 7 heteroatoms. The molecule has 0 bridgehead atoms. The van der Waals surface area contributed by atoms with Gasteiger partial charge >= 0.3 is 0 Å². The largest absolute Gasteiger partial charge is 0.339 e. The number of carbonyl (C=O) groups is 2. The highest BCUT2D eigenvalue weighted by Gasteiger charge is 2.28. The average Bonchev–Trinajstić information content (AvgIpc) is 3.29. The Balaban J connectivity index is 1.26. The van der Waals surface area contributed by atoms with Crippen molar-refractivity contribution in [2.45, 2.75) is 12.8 Å². The second-order valence-electron chi connectivity index (χ2n) is 8.21. The Kier molecular flexibility index (Phi) is 5.60. The van der Waals surface area contributed by atoms with Gasteiger partial charge in [0.05, 0.1) is 16.7 Å². The summed E-state index contributed by atoms with van der Waals surface area (Å²) in [7, 11) is 0. The second-order valence-corrected chi connectivity index (χ2v) is 8.21. The van der Waals surface area contributed by atoms with E-state index in [9.17, 15) is 14.0 Å². The lowest BCUT2D eigenvalue weighted by molar-refractivity contribution is -0.121. The van der Waals surface area contributed by atoms with Crippen molar-refractivity contribution in [3.63, 3.8) is 0 Å². The van der Waals surface area contributed by atoms with Crippen molar-refractivity contribution in [1.29, 1.82) is 0 Å². The van der Waals surface area contributed by atoms with Gasteiger partial charge in [0.25, 0.3) is 5.91 Å². The van der Waals surface area contributed by atoms with Gasteiger partial charge in [0.1, 0.15) is 11.6 Å². The molecule has 1 aromatic heterocycles. The van der Waals surface area contributed by atoms with E-state index in [0.717, 1.165) is 16.6 Å². The molecular formula is C26H23FN4O2. The number of aromatic nitrogens is 2. The molecule has 1 aliphatic heterocycles. The van der Waals surface area contributed by atoms with Gasteiger partial charge in [0, 0.05) is 30.1 Å². The SMILES string of the molecule is O=C(Nc1ccccc1-c1nc2ccccc2[nH]1)C1CCN(C(=O)c2ccc(F)cc2)CC1. The third kappa shape index (κ3) is 4.35. The van der Waals surface area contributed by atoms with Crippen LogP contribution < -0.4 is 5.32 Å². The minimum absolute atomic E-state index is 0.0626. The number of hydrogen-bond acceptors (Lipinski definition) is 3. The predicted octanol–water partition coefficient (Wildman–Crippen LogP) is 4.86. The molecule has 2 heterocycles. The molecule has 0 atom stereocenters. The summed E-state index contributed by atoms with van der Waals surface area (Å²) in [6.45, 7) is 0.971. The van der Waals surface area contributed by atoms with E-state index in [0.29, 0.717) is 43.0 Å². The van der Waals surface area contributed by atoms with Crippen LogP contribution in [0, 0.1) is 11.7 Å². The zero-order valence-corrected chi connectivity index (χ0v) is 17.9. The van der Waals surface area contributed by atoms with Crippen LogP contribution in [0.2, 0.25) is 0 Å². The lowest BCUT2D eigenvalue weighted by Gasteiger charge is -2.31. The van der Waals surface area contributed by atoms with Crippen LogP contribution in [-0.2, 0) is 4.79 Å². The maximum absolute atomic E-state index is 13.1. The highest BCUT2D eigenvalue weighted by atomic mass is 19.1. The fraction of sp³-hybridized carbons (Fsp3) is 0.192. The van der Waals surface area contributed by atoms with Gasteiger partial charge in [-0.3, -0.25) is 9.59 Å². The number of piperidine rings is 1. The molecule has 1 aliphatic rings. The number of para-hydroxylation sites is 3. The van der Waals surface area contributed by atoms with Crippen LogP contribution in [0.25, 0.3) is 22.4 Å². The van der Waals surface area contributed by atoms with E-state index in [1.54, 1.807) is 4.90 Å². The molecule has 2 N–H and O–H groups in total. The molecule has 2 amide bonds. The van der Waals surface area contributed by atoms with E-state index in [1.807, 2.05) is 48.5 Å². The number of imidazole rings is 1. The summed E-state index contributed by atoms with van der Waals surface area (Å²) in [4.78, 5) is 35.4. The highest BCUT2D eigenvalue weighted by molar-refractivity contribution is 5.97. The fourth-order valence-electron chi connectivity index (χ4n) is 4.23. The van der Waals surface area contributed by atoms with Gasteiger partial charge in [-0.15, -0.1) is 0 Å². The van der Waals surface area contributed by atoms with Gasteiger partial charge in [-0.2, -0.15) is 0 Å². The molecule has 166 valence electrons. The Morgan fingerprint density at radius 1 is 0.939 bits per heavy atom. The van der Waals surface area contributed by atoms with Gasteiger partial charge < -0.3 is 15.2 Å². The lowest BCUT2D eigenvalue weighted by Crippen LogP contribution is -2.41. The van der Waals surface area contributed by atoms with Crippen molar-refractivity contribution < 1.29 is 14.0 Å². The third-order valence-electron chi connectivity index (χ3n) is 6.07. The molecular weight excluding hydrogens is 419 g/mol. The lowest BCUT2D eigenvalue weighted by atomic mass is 9.95. The van der Waals surface area contributed by atoms with Crippen LogP contribution in [0.1, 0.15) is 23.2 Å². The molecule has 0 spiro atoms. The predicted molar refractivity (Wildman–Crippen MR) is 125 cm³/mol. The van der Waals surface area contributed by atoms with E-state index in [2.05, 4.69) is 15.3 Å². The molecule has 1 fully saturated rings. The van der Waals surface area contributed by atoms with Crippen LogP contribution in [0.15, 0.2) is 72.8 Å². The van der Waals surface area contributed by atoms with E-state index in [-0.39, 0.29) is 23.5 Å². The zero-order chi connectivity index (χ0) is 22.8. The smallest absolute Gasteiger partial charge is 0.253 e. The first-order chi connectivity index (χ1) is 16.1. The van der Waals surface area contributed by atoms with Gasteiger partial charge in [-0.25, -0.2) is 9.37 Å². The summed E-state index contributed by atoms with van der Waals surface area (Å²) >= 11 is 0. The summed E-state index contributed by atoms with van der Waals surface area (Å²) < 4.78 is 13.1. The van der Waals surface area contributed by atoms with E-state index < -0.39 is 0 Å². The first-order valence-electron chi connectivity index (χ1n) is 11.0. The van der Waals surface area contributed by atoms with Crippen molar-refractivity contribution in [3.8, 4) is 11.4 Å². The quantitative estimate of drug-likeness (QED) is 0.474. The number of amides is 2. The summed E-state index contributed by atoms with van der Waals surface area (Å²) in [5.41, 5.74) is 3.79. The number of nitrogens with one attached hydrogen (secondary N) is 2. The molecule has 3 aromatic carbocycles. The number of carbonyl (C=O) groups excluding carboxylic acids is 2. The minimum Gasteiger partial charge on any atom is -0.339 e. The number of likely N-dealkylation sites (tertiary alicyclic amines) is 1. The standard InChI is InChI=1S/C26H23FN4O2/c27-19-11-9-18(10-12-19)26(33)31-15-13-17(14-16-31)25(32)30-21-6-2-1-5-20(21)24-28-22-7-3-4-8-23(22)29-24/h1-12,17H,13-16H2,(H,28,29)(H,30,32). The Labute approximate surface area is 190 Å². The zero-order valence-electron chi connectivity index (χ0n) is 17.9. The Hall–Kier alpha value is -4.00. The Morgan fingerprint density at radius 3 is 2.39 bits per heavy atom. The molecule has 1 saturated heterocycles. The molecule has 5 rings (SSSR count). The van der Waals surface area contributed by atoms with Gasteiger partial charge in [0.15, 0.2) is 0 Å². The van der Waals surface area contributed by atoms with Crippen LogP contribution in [-0.4, -0.2) is 39.8 Å². The maximum atomic E-state index is 13.1. The Bertz CT molecular complexity index is 1270. The van der Waals surface area contributed by atoms with Gasteiger partial charge in [-0.1, -0.05) is 24.3 Å². The van der Waals surface area contributed by atoms with Gasteiger partial charge in [-0.05, 0) is 61.4 Å². The van der Waals surface area contributed by atoms with E-state index in [4.69, 9.17) is 0 Å². The average molecular weight is 442 g/mol. The number of fused-ring (bicyclic) bond motifs is 1. The molecule has 33 heavy (non-hydrogen) atoms. The number of aromatic amines is 1. The first-order valence-corrected chi connectivity index (χ1v) is 11.0. The summed E-state index contributed by atoms with van der Waals surface area (Å²) in [5, 5.41) is 3.06. The van der Waals surface area contributed by atoms with Crippen LogP contribution in [0.5, 0.6) is 0 Å². The number of halogens is 1. The molecule has 6 nitrogen and oxygen atoms in total. The van der Waals surface area contributed by atoms with Gasteiger partial charge in [0.2, 0.25) is 5.91 Å². The number of benzene rings is 3. The topological polar surface area (TPSA) is 78.1 Å². The summed E-state index contributed by atoms with van der Waals surface area (Å²) in [6, 6.07) is 20.9. The number of rotatable bonds is 4. The number of nitrogens with zero attached hydrogens (tertiary/aromatic N) is 2. The van der Waals surface area contributed by atoms with Crippen LogP contribution >= 0.6 is 0 Å². The minimum atomic E-state index is -0.371.